The normalized spacial score (nSPS) is 17.5. The fourth-order valence-corrected chi connectivity index (χ4v) is 3.58. The van der Waals surface area contributed by atoms with E-state index in [9.17, 15) is 4.79 Å². The third kappa shape index (κ3) is 4.13. The lowest BCUT2D eigenvalue weighted by atomic mass is 9.73. The molecule has 1 saturated heterocycles. The summed E-state index contributed by atoms with van der Waals surface area (Å²) in [5, 5.41) is 3.22. The van der Waals surface area contributed by atoms with E-state index < -0.39 is 5.41 Å². The van der Waals surface area contributed by atoms with Gasteiger partial charge in [-0.15, -0.1) is 0 Å². The van der Waals surface area contributed by atoms with Crippen LogP contribution in [-0.2, 0) is 16.0 Å². The summed E-state index contributed by atoms with van der Waals surface area (Å²) in [7, 11) is 0. The van der Waals surface area contributed by atoms with E-state index in [4.69, 9.17) is 4.74 Å². The highest BCUT2D eigenvalue weighted by atomic mass is 16.5. The van der Waals surface area contributed by atoms with Crippen molar-refractivity contribution in [3.05, 3.63) is 54.4 Å². The molecule has 1 fully saturated rings. The van der Waals surface area contributed by atoms with E-state index in [0.29, 0.717) is 13.2 Å². The van der Waals surface area contributed by atoms with Gasteiger partial charge in [-0.25, -0.2) is 0 Å². The molecule has 0 saturated carbocycles. The molecule has 0 spiro atoms. The predicted molar refractivity (Wildman–Crippen MR) is 104 cm³/mol. The third-order valence-electron chi connectivity index (χ3n) is 5.46. The van der Waals surface area contributed by atoms with Crippen LogP contribution in [0.3, 0.4) is 0 Å². The van der Waals surface area contributed by atoms with Gasteiger partial charge < -0.3 is 10.1 Å². The standard InChI is InChI=1S/C22H28N2O2/c1-3-17(2)24-21(25)22(10-14-26-15-11-22)16-19-6-4-5-7-20(19)18-8-12-23-13-9-18/h4-9,12-13,17H,3,10-11,14-16H2,1-2H3,(H,24,25)/t17-/m1/s1. The first-order valence-electron chi connectivity index (χ1n) is 9.51. The van der Waals surface area contributed by atoms with Crippen LogP contribution in [0, 0.1) is 5.41 Å². The summed E-state index contributed by atoms with van der Waals surface area (Å²) in [6.45, 7) is 5.45. The van der Waals surface area contributed by atoms with Crippen LogP contribution in [0.5, 0.6) is 0 Å². The first kappa shape index (κ1) is 18.6. The number of ether oxygens (including phenoxy) is 1. The Morgan fingerprint density at radius 2 is 1.88 bits per heavy atom. The van der Waals surface area contributed by atoms with Gasteiger partial charge in [0.1, 0.15) is 0 Å². The minimum atomic E-state index is -0.398. The molecule has 0 radical (unpaired) electrons. The maximum atomic E-state index is 13.2. The van der Waals surface area contributed by atoms with Crippen molar-refractivity contribution in [2.75, 3.05) is 13.2 Å². The number of aromatic nitrogens is 1. The lowest BCUT2D eigenvalue weighted by Crippen LogP contribution is -2.48. The van der Waals surface area contributed by atoms with Crippen molar-refractivity contribution >= 4 is 5.91 Å². The van der Waals surface area contributed by atoms with Crippen LogP contribution < -0.4 is 5.32 Å². The molecule has 138 valence electrons. The molecule has 0 bridgehead atoms. The number of nitrogens with zero attached hydrogens (tertiary/aromatic N) is 1. The van der Waals surface area contributed by atoms with Crippen LogP contribution in [-0.4, -0.2) is 30.1 Å². The van der Waals surface area contributed by atoms with Crippen molar-refractivity contribution in [2.24, 2.45) is 5.41 Å². The minimum Gasteiger partial charge on any atom is -0.381 e. The third-order valence-corrected chi connectivity index (χ3v) is 5.46. The number of carbonyl (C=O) groups excluding carboxylic acids is 1. The molecular weight excluding hydrogens is 324 g/mol. The van der Waals surface area contributed by atoms with Crippen LogP contribution in [0.2, 0.25) is 0 Å². The summed E-state index contributed by atoms with van der Waals surface area (Å²) in [6, 6.07) is 12.6. The summed E-state index contributed by atoms with van der Waals surface area (Å²) < 4.78 is 5.57. The predicted octanol–water partition coefficient (Wildman–Crippen LogP) is 4.00. The highest BCUT2D eigenvalue weighted by molar-refractivity contribution is 5.84. The van der Waals surface area contributed by atoms with Gasteiger partial charge in [0.25, 0.3) is 0 Å². The number of hydrogen-bond donors (Lipinski definition) is 1. The number of amides is 1. The van der Waals surface area contributed by atoms with Crippen molar-refractivity contribution in [1.29, 1.82) is 0 Å². The minimum absolute atomic E-state index is 0.166. The van der Waals surface area contributed by atoms with E-state index in [1.165, 1.54) is 11.1 Å². The first-order valence-corrected chi connectivity index (χ1v) is 9.51. The zero-order chi connectivity index (χ0) is 18.4. The molecule has 2 heterocycles. The molecule has 1 aromatic heterocycles. The lowest BCUT2D eigenvalue weighted by molar-refractivity contribution is -0.137. The fraction of sp³-hybridized carbons (Fsp3) is 0.455. The molecule has 1 aliphatic heterocycles. The zero-order valence-corrected chi connectivity index (χ0v) is 15.7. The SMILES string of the molecule is CC[C@@H](C)NC(=O)C1(Cc2ccccc2-c2ccncc2)CCOCC1. The number of rotatable bonds is 6. The molecule has 4 nitrogen and oxygen atoms in total. The monoisotopic (exact) mass is 352 g/mol. The van der Waals surface area contributed by atoms with Crippen molar-refractivity contribution in [3.8, 4) is 11.1 Å². The fourth-order valence-electron chi connectivity index (χ4n) is 3.58. The van der Waals surface area contributed by atoms with E-state index in [1.807, 2.05) is 24.5 Å². The molecule has 1 aliphatic rings. The molecule has 1 aromatic carbocycles. The molecule has 0 unspecified atom stereocenters. The average Bonchev–Trinajstić information content (AvgIpc) is 2.69. The molecule has 1 amide bonds. The Morgan fingerprint density at radius 3 is 2.58 bits per heavy atom. The quantitative estimate of drug-likeness (QED) is 0.855. The number of pyridine rings is 1. The van der Waals surface area contributed by atoms with Crippen molar-refractivity contribution in [1.82, 2.24) is 10.3 Å². The second-order valence-corrected chi connectivity index (χ2v) is 7.25. The zero-order valence-electron chi connectivity index (χ0n) is 15.7. The number of benzene rings is 1. The number of carbonyl (C=O) groups is 1. The summed E-state index contributed by atoms with van der Waals surface area (Å²) in [4.78, 5) is 17.3. The maximum absolute atomic E-state index is 13.2. The molecule has 26 heavy (non-hydrogen) atoms. The average molecular weight is 352 g/mol. The Hall–Kier alpha value is -2.20. The van der Waals surface area contributed by atoms with Gasteiger partial charge in [0.15, 0.2) is 0 Å². The van der Waals surface area contributed by atoms with Crippen LogP contribution in [0.15, 0.2) is 48.8 Å². The van der Waals surface area contributed by atoms with E-state index in [0.717, 1.165) is 31.2 Å². The van der Waals surface area contributed by atoms with Gasteiger partial charge in [0, 0.05) is 31.6 Å². The summed E-state index contributed by atoms with van der Waals surface area (Å²) in [5.74, 6) is 0.166. The smallest absolute Gasteiger partial charge is 0.226 e. The van der Waals surface area contributed by atoms with E-state index in [1.54, 1.807) is 0 Å². The van der Waals surface area contributed by atoms with Gasteiger partial charge in [-0.3, -0.25) is 9.78 Å². The molecular formula is C22H28N2O2. The van der Waals surface area contributed by atoms with Crippen LogP contribution in [0.25, 0.3) is 11.1 Å². The molecule has 3 rings (SSSR count). The first-order chi connectivity index (χ1) is 12.6. The number of hydrogen-bond acceptors (Lipinski definition) is 3. The van der Waals surface area contributed by atoms with Crippen LogP contribution >= 0.6 is 0 Å². The second-order valence-electron chi connectivity index (χ2n) is 7.25. The van der Waals surface area contributed by atoms with Crippen LogP contribution in [0.1, 0.15) is 38.7 Å². The Balaban J connectivity index is 1.92. The highest BCUT2D eigenvalue weighted by Gasteiger charge is 2.40. The van der Waals surface area contributed by atoms with E-state index in [2.05, 4.69) is 48.4 Å². The summed E-state index contributed by atoms with van der Waals surface area (Å²) in [5.41, 5.74) is 3.13. The Labute approximate surface area is 156 Å². The van der Waals surface area contributed by atoms with Gasteiger partial charge in [-0.2, -0.15) is 0 Å². The van der Waals surface area contributed by atoms with Crippen molar-refractivity contribution < 1.29 is 9.53 Å². The summed E-state index contributed by atoms with van der Waals surface area (Å²) in [6.07, 6.45) is 6.82. The largest absolute Gasteiger partial charge is 0.381 e. The molecule has 0 aliphatic carbocycles. The van der Waals surface area contributed by atoms with Gasteiger partial charge in [0.05, 0.1) is 5.41 Å². The highest BCUT2D eigenvalue weighted by Crippen LogP contribution is 2.37. The topological polar surface area (TPSA) is 51.2 Å². The summed E-state index contributed by atoms with van der Waals surface area (Å²) >= 11 is 0. The Bertz CT molecular complexity index is 724. The van der Waals surface area contributed by atoms with E-state index >= 15 is 0 Å². The lowest BCUT2D eigenvalue weighted by Gasteiger charge is -2.37. The molecule has 2 aromatic rings. The molecule has 4 heteroatoms. The van der Waals surface area contributed by atoms with Gasteiger partial charge in [-0.05, 0) is 61.4 Å². The molecule has 1 atom stereocenters. The van der Waals surface area contributed by atoms with E-state index in [-0.39, 0.29) is 11.9 Å². The van der Waals surface area contributed by atoms with Crippen LogP contribution in [0.4, 0.5) is 0 Å². The van der Waals surface area contributed by atoms with Gasteiger partial charge in [0.2, 0.25) is 5.91 Å². The van der Waals surface area contributed by atoms with Gasteiger partial charge in [-0.1, -0.05) is 31.2 Å². The Morgan fingerprint density at radius 1 is 1.19 bits per heavy atom. The Kier molecular flexibility index (Phi) is 6.04. The molecule has 1 N–H and O–H groups in total. The number of nitrogens with one attached hydrogen (secondary N) is 1. The maximum Gasteiger partial charge on any atom is 0.226 e. The van der Waals surface area contributed by atoms with Crippen molar-refractivity contribution in [3.63, 3.8) is 0 Å². The van der Waals surface area contributed by atoms with Gasteiger partial charge >= 0.3 is 0 Å². The van der Waals surface area contributed by atoms with Crippen molar-refractivity contribution in [2.45, 2.75) is 45.6 Å². The second kappa shape index (κ2) is 8.45.